The Balaban J connectivity index is 1.47. The van der Waals surface area contributed by atoms with Crippen LogP contribution in [0, 0.1) is 6.92 Å². The number of hydrogen-bond donors (Lipinski definition) is 1. The molecule has 168 valence electrons. The van der Waals surface area contributed by atoms with Crippen LogP contribution >= 0.6 is 11.8 Å². The maximum atomic E-state index is 12.0. The highest BCUT2D eigenvalue weighted by molar-refractivity contribution is 8.26. The molecule has 33 heavy (non-hydrogen) atoms. The fourth-order valence-corrected chi connectivity index (χ4v) is 4.51. The second-order valence-corrected chi connectivity index (χ2v) is 8.70. The van der Waals surface area contributed by atoms with Crippen molar-refractivity contribution in [3.63, 3.8) is 0 Å². The van der Waals surface area contributed by atoms with Crippen molar-refractivity contribution in [2.75, 3.05) is 13.7 Å². The summed E-state index contributed by atoms with van der Waals surface area (Å²) >= 11 is 0.718. The van der Waals surface area contributed by atoms with Gasteiger partial charge in [0.25, 0.3) is 5.24 Å². The summed E-state index contributed by atoms with van der Waals surface area (Å²) in [6.45, 7) is 2.09. The van der Waals surface area contributed by atoms with E-state index < -0.39 is 6.10 Å². The Morgan fingerprint density at radius 3 is 2.67 bits per heavy atom. The number of oxazole rings is 1. The lowest BCUT2D eigenvalue weighted by Gasteiger charge is -2.14. The molecule has 0 radical (unpaired) electrons. The number of aryl methyl sites for hydroxylation is 1. The van der Waals surface area contributed by atoms with Gasteiger partial charge in [0.2, 0.25) is 11.0 Å². The number of benzene rings is 2. The van der Waals surface area contributed by atoms with E-state index in [0.29, 0.717) is 39.8 Å². The van der Waals surface area contributed by atoms with Crippen LogP contribution in [0.1, 0.15) is 28.9 Å². The van der Waals surface area contributed by atoms with Crippen molar-refractivity contribution in [3.05, 3.63) is 71.3 Å². The Bertz CT molecular complexity index is 1360. The minimum absolute atomic E-state index is 0.0778. The molecule has 8 nitrogen and oxygen atoms in total. The van der Waals surface area contributed by atoms with E-state index in [2.05, 4.69) is 4.98 Å². The number of carbonyl (C=O) groups excluding carboxylic acids is 2. The molecule has 5 rings (SSSR count). The molecule has 1 amide bonds. The van der Waals surface area contributed by atoms with E-state index in [4.69, 9.17) is 13.6 Å². The molecule has 0 spiro atoms. The summed E-state index contributed by atoms with van der Waals surface area (Å²) in [7, 11) is 1.52. The highest BCUT2D eigenvalue weighted by Gasteiger charge is 2.29. The predicted octanol–water partition coefficient (Wildman–Crippen LogP) is 4.68. The van der Waals surface area contributed by atoms with Crippen LogP contribution in [0.4, 0.5) is 4.79 Å². The number of methoxy groups -OCH3 is 1. The Morgan fingerprint density at radius 2 is 1.97 bits per heavy atom. The second-order valence-electron chi connectivity index (χ2n) is 7.69. The van der Waals surface area contributed by atoms with E-state index >= 15 is 0 Å². The number of thioether (sulfide) groups is 1. The van der Waals surface area contributed by atoms with Gasteiger partial charge >= 0.3 is 0 Å². The maximum absolute atomic E-state index is 12.0. The zero-order valence-electron chi connectivity index (χ0n) is 17.9. The van der Waals surface area contributed by atoms with Crippen LogP contribution in [0.25, 0.3) is 22.4 Å². The topological polar surface area (TPSA) is 106 Å². The Morgan fingerprint density at radius 1 is 1.18 bits per heavy atom. The fourth-order valence-electron chi connectivity index (χ4n) is 3.83. The van der Waals surface area contributed by atoms with Crippen molar-refractivity contribution < 1.29 is 28.3 Å². The number of carbonyl (C=O) groups is 2. The molecule has 2 aromatic heterocycles. The van der Waals surface area contributed by atoms with E-state index in [1.807, 2.05) is 36.4 Å². The van der Waals surface area contributed by atoms with Gasteiger partial charge in [0.1, 0.15) is 17.2 Å². The van der Waals surface area contributed by atoms with Crippen molar-refractivity contribution in [2.45, 2.75) is 19.6 Å². The minimum atomic E-state index is -1.14. The number of aliphatic hydroxyl groups excluding tert-OH is 1. The number of aliphatic hydroxyl groups is 1. The standard InChI is InChI=1S/C24H20N2O6S/c1-13-20(25-23(31-13)15-6-4-3-5-7-15)21(28)17-10-16-8-14(9-18(30-2)22(16)32-17)11-26-12-19(27)33-24(26)29/h3-10,21,28H,11-12H2,1-2H3. The van der Waals surface area contributed by atoms with Gasteiger partial charge in [0.05, 0.1) is 13.7 Å². The van der Waals surface area contributed by atoms with Crippen LogP contribution in [0.5, 0.6) is 5.75 Å². The smallest absolute Gasteiger partial charge is 0.290 e. The number of furan rings is 1. The van der Waals surface area contributed by atoms with Crippen molar-refractivity contribution in [1.82, 2.24) is 9.88 Å². The SMILES string of the molecule is COc1cc(CN2CC(=O)SC2=O)cc2cc(C(O)c3nc(-c4ccccc4)oc3C)oc12. The summed E-state index contributed by atoms with van der Waals surface area (Å²) < 4.78 is 17.2. The summed E-state index contributed by atoms with van der Waals surface area (Å²) in [5, 5.41) is 11.3. The number of fused-ring (bicyclic) bond motifs is 1. The quantitative estimate of drug-likeness (QED) is 0.438. The molecule has 0 bridgehead atoms. The average molecular weight is 464 g/mol. The Kier molecular flexibility index (Phi) is 5.43. The third-order valence-corrected chi connectivity index (χ3v) is 6.21. The summed E-state index contributed by atoms with van der Waals surface area (Å²) in [5.74, 6) is 1.66. The zero-order valence-corrected chi connectivity index (χ0v) is 18.7. The lowest BCUT2D eigenvalue weighted by Crippen LogP contribution is -2.23. The van der Waals surface area contributed by atoms with E-state index in [0.717, 1.165) is 22.9 Å². The highest BCUT2D eigenvalue weighted by atomic mass is 32.2. The van der Waals surface area contributed by atoms with Crippen LogP contribution in [0.2, 0.25) is 0 Å². The normalized spacial score (nSPS) is 14.9. The summed E-state index contributed by atoms with van der Waals surface area (Å²) in [4.78, 5) is 29.5. The van der Waals surface area contributed by atoms with Gasteiger partial charge in [-0.25, -0.2) is 4.98 Å². The first-order valence-electron chi connectivity index (χ1n) is 10.2. The highest BCUT2D eigenvalue weighted by Crippen LogP contribution is 2.36. The van der Waals surface area contributed by atoms with E-state index in [-0.39, 0.29) is 23.4 Å². The Hall–Kier alpha value is -3.56. The third-order valence-electron chi connectivity index (χ3n) is 5.42. The lowest BCUT2D eigenvalue weighted by atomic mass is 10.1. The van der Waals surface area contributed by atoms with Crippen LogP contribution in [-0.4, -0.2) is 39.0 Å². The van der Waals surface area contributed by atoms with E-state index in [1.165, 1.54) is 12.0 Å². The van der Waals surface area contributed by atoms with Crippen molar-refractivity contribution in [1.29, 1.82) is 0 Å². The number of aromatic nitrogens is 1. The molecule has 1 fully saturated rings. The van der Waals surface area contributed by atoms with Gasteiger partial charge in [-0.3, -0.25) is 9.59 Å². The van der Waals surface area contributed by atoms with Crippen molar-refractivity contribution in [2.24, 2.45) is 0 Å². The summed E-state index contributed by atoms with van der Waals surface area (Å²) in [6.07, 6.45) is -1.14. The molecule has 1 N–H and O–H groups in total. The van der Waals surface area contributed by atoms with Gasteiger partial charge in [-0.1, -0.05) is 18.2 Å². The molecule has 0 saturated carbocycles. The van der Waals surface area contributed by atoms with Gasteiger partial charge in [-0.2, -0.15) is 0 Å². The first-order chi connectivity index (χ1) is 15.9. The third kappa shape index (κ3) is 4.01. The van der Waals surface area contributed by atoms with Gasteiger partial charge in [0, 0.05) is 29.3 Å². The van der Waals surface area contributed by atoms with Crippen LogP contribution in [-0.2, 0) is 11.3 Å². The average Bonchev–Trinajstić information content (AvgIpc) is 3.50. The monoisotopic (exact) mass is 464 g/mol. The molecule has 3 heterocycles. The molecule has 1 saturated heterocycles. The summed E-state index contributed by atoms with van der Waals surface area (Å²) in [6, 6.07) is 14.8. The molecular formula is C24H20N2O6S. The minimum Gasteiger partial charge on any atom is -0.493 e. The molecule has 0 aliphatic carbocycles. The lowest BCUT2D eigenvalue weighted by molar-refractivity contribution is -0.110. The van der Waals surface area contributed by atoms with Gasteiger partial charge in [0.15, 0.2) is 17.4 Å². The predicted molar refractivity (Wildman–Crippen MR) is 122 cm³/mol. The van der Waals surface area contributed by atoms with Crippen LogP contribution in [0.15, 0.2) is 57.4 Å². The molecule has 1 aliphatic rings. The first-order valence-corrected chi connectivity index (χ1v) is 11.1. The van der Waals surface area contributed by atoms with Gasteiger partial charge in [-0.15, -0.1) is 0 Å². The number of amides is 1. The number of rotatable bonds is 6. The Labute approximate surface area is 193 Å². The molecule has 1 atom stereocenters. The second kappa shape index (κ2) is 8.42. The number of nitrogens with zero attached hydrogens (tertiary/aromatic N) is 2. The first kappa shape index (κ1) is 21.3. The van der Waals surface area contributed by atoms with Gasteiger partial charge < -0.3 is 23.6 Å². The van der Waals surface area contributed by atoms with Crippen LogP contribution in [0.3, 0.4) is 0 Å². The molecule has 4 aromatic rings. The summed E-state index contributed by atoms with van der Waals surface area (Å²) in [5.41, 5.74) is 2.43. The molecule has 1 aliphatic heterocycles. The van der Waals surface area contributed by atoms with Crippen molar-refractivity contribution in [3.8, 4) is 17.2 Å². The largest absolute Gasteiger partial charge is 0.493 e. The van der Waals surface area contributed by atoms with E-state index in [1.54, 1.807) is 19.1 Å². The van der Waals surface area contributed by atoms with Crippen molar-refractivity contribution >= 4 is 33.1 Å². The van der Waals surface area contributed by atoms with Crippen LogP contribution < -0.4 is 4.74 Å². The van der Waals surface area contributed by atoms with Gasteiger partial charge in [-0.05, 0) is 42.8 Å². The number of hydrogen-bond acceptors (Lipinski definition) is 8. The maximum Gasteiger partial charge on any atom is 0.290 e. The fraction of sp³-hybridized carbons (Fsp3) is 0.208. The zero-order chi connectivity index (χ0) is 23.1. The number of ether oxygens (including phenoxy) is 1. The molecule has 2 aromatic carbocycles. The molecule has 1 unspecified atom stereocenters. The molecule has 9 heteroatoms. The van der Waals surface area contributed by atoms with E-state index in [9.17, 15) is 14.7 Å². The molecular weight excluding hydrogens is 444 g/mol.